The minimum absolute atomic E-state index is 0.181. The lowest BCUT2D eigenvalue weighted by Gasteiger charge is -2.03. The molecule has 0 unspecified atom stereocenters. The molecule has 2 N–H and O–H groups in total. The Balaban J connectivity index is 2.19. The van der Waals surface area contributed by atoms with E-state index in [2.05, 4.69) is 20.9 Å². The van der Waals surface area contributed by atoms with E-state index in [4.69, 9.17) is 7.85 Å². The van der Waals surface area contributed by atoms with E-state index in [0.717, 1.165) is 26.6 Å². The highest BCUT2D eigenvalue weighted by Gasteiger charge is 2.07. The maximum absolute atomic E-state index is 9.92. The van der Waals surface area contributed by atoms with Crippen LogP contribution < -0.4 is 5.46 Å². The maximum Gasteiger partial charge on any atom is 0.124 e. The molecule has 3 rings (SSSR count). The number of halogens is 1. The smallest absolute Gasteiger partial charge is 0.124 e. The molecule has 0 bridgehead atoms. The van der Waals surface area contributed by atoms with Gasteiger partial charge in [0.1, 0.15) is 13.6 Å². The second-order valence-corrected chi connectivity index (χ2v) is 5.11. The molecule has 0 aliphatic carbocycles. The quantitative estimate of drug-likeness (QED) is 0.665. The van der Waals surface area contributed by atoms with Gasteiger partial charge in [0, 0.05) is 20.9 Å². The Morgan fingerprint density at radius 1 is 1.06 bits per heavy atom. The molecular weight excluding hydrogens is 289 g/mol. The standard InChI is InChI=1S/C14H9BBrNO/c15-9-1-3-11(14(18)7-9)13-6-8-5-10(16)2-4-12(8)17-13/h1-7,17-18H. The molecule has 0 aliphatic heterocycles. The van der Waals surface area contributed by atoms with E-state index < -0.39 is 0 Å². The summed E-state index contributed by atoms with van der Waals surface area (Å²) in [6.45, 7) is 0. The SMILES string of the molecule is [B]c1ccc(-c2cc3cc(Br)ccc3[nH]2)c(O)c1. The van der Waals surface area contributed by atoms with Crippen LogP contribution in [0.15, 0.2) is 46.9 Å². The largest absolute Gasteiger partial charge is 0.507 e. The van der Waals surface area contributed by atoms with Gasteiger partial charge in [-0.3, -0.25) is 0 Å². The summed E-state index contributed by atoms with van der Waals surface area (Å²) in [5.41, 5.74) is 3.21. The molecule has 1 heterocycles. The first-order chi connectivity index (χ1) is 8.63. The number of hydrogen-bond donors (Lipinski definition) is 2. The summed E-state index contributed by atoms with van der Waals surface area (Å²) < 4.78 is 1.03. The van der Waals surface area contributed by atoms with Crippen LogP contribution in [0.2, 0.25) is 0 Å². The van der Waals surface area contributed by atoms with E-state index in [1.165, 1.54) is 0 Å². The first kappa shape index (κ1) is 11.4. The summed E-state index contributed by atoms with van der Waals surface area (Å²) in [6.07, 6.45) is 0. The number of phenols is 1. The third kappa shape index (κ3) is 1.93. The number of hydrogen-bond acceptors (Lipinski definition) is 1. The highest BCUT2D eigenvalue weighted by atomic mass is 79.9. The molecule has 0 amide bonds. The average molecular weight is 298 g/mol. The van der Waals surface area contributed by atoms with E-state index in [-0.39, 0.29) is 5.75 Å². The summed E-state index contributed by atoms with van der Waals surface area (Å²) in [6, 6.07) is 13.1. The van der Waals surface area contributed by atoms with Crippen LogP contribution in [0.4, 0.5) is 0 Å². The van der Waals surface area contributed by atoms with E-state index >= 15 is 0 Å². The van der Waals surface area contributed by atoms with Crippen molar-refractivity contribution in [3.8, 4) is 17.0 Å². The minimum Gasteiger partial charge on any atom is -0.507 e. The normalized spacial score (nSPS) is 10.9. The van der Waals surface area contributed by atoms with Crippen LogP contribution in [0.1, 0.15) is 0 Å². The van der Waals surface area contributed by atoms with Gasteiger partial charge in [0.05, 0.1) is 5.69 Å². The first-order valence-corrected chi connectivity index (χ1v) is 6.30. The van der Waals surface area contributed by atoms with Crippen molar-refractivity contribution in [2.24, 2.45) is 0 Å². The second-order valence-electron chi connectivity index (χ2n) is 4.19. The van der Waals surface area contributed by atoms with Crippen LogP contribution in [0.25, 0.3) is 22.2 Å². The Morgan fingerprint density at radius 3 is 2.67 bits per heavy atom. The molecule has 2 radical (unpaired) electrons. The van der Waals surface area contributed by atoms with E-state index in [0.29, 0.717) is 5.46 Å². The maximum atomic E-state index is 9.92. The van der Waals surface area contributed by atoms with Gasteiger partial charge >= 0.3 is 0 Å². The summed E-state index contributed by atoms with van der Waals surface area (Å²) >= 11 is 3.44. The summed E-state index contributed by atoms with van der Waals surface area (Å²) in [4.78, 5) is 3.28. The van der Waals surface area contributed by atoms with Crippen LogP contribution in [0.5, 0.6) is 5.75 Å². The topological polar surface area (TPSA) is 36.0 Å². The fraction of sp³-hybridized carbons (Fsp3) is 0. The molecule has 0 fully saturated rings. The average Bonchev–Trinajstić information content (AvgIpc) is 2.71. The Hall–Kier alpha value is -1.68. The van der Waals surface area contributed by atoms with E-state index in [9.17, 15) is 5.11 Å². The number of rotatable bonds is 1. The number of H-pyrrole nitrogens is 1. The van der Waals surface area contributed by atoms with Gasteiger partial charge in [-0.1, -0.05) is 27.5 Å². The van der Waals surface area contributed by atoms with Crippen molar-refractivity contribution in [3.63, 3.8) is 0 Å². The highest BCUT2D eigenvalue weighted by molar-refractivity contribution is 9.10. The molecule has 0 atom stereocenters. The number of fused-ring (bicyclic) bond motifs is 1. The number of nitrogens with one attached hydrogen (secondary N) is 1. The van der Waals surface area contributed by atoms with Crippen LogP contribution in [0.3, 0.4) is 0 Å². The lowest BCUT2D eigenvalue weighted by Crippen LogP contribution is -2.00. The zero-order valence-corrected chi connectivity index (χ0v) is 11.0. The van der Waals surface area contributed by atoms with Gasteiger partial charge in [0.2, 0.25) is 0 Å². The van der Waals surface area contributed by atoms with Gasteiger partial charge < -0.3 is 10.1 Å². The monoisotopic (exact) mass is 297 g/mol. The minimum atomic E-state index is 0.181. The van der Waals surface area contributed by atoms with Crippen LogP contribution >= 0.6 is 15.9 Å². The molecular formula is C14H9BBrNO. The zero-order valence-electron chi connectivity index (χ0n) is 9.44. The molecule has 0 saturated carbocycles. The zero-order chi connectivity index (χ0) is 12.7. The molecule has 1 aromatic heterocycles. The Labute approximate surface area is 114 Å². The third-order valence-electron chi connectivity index (χ3n) is 2.89. The highest BCUT2D eigenvalue weighted by Crippen LogP contribution is 2.30. The van der Waals surface area contributed by atoms with Gasteiger partial charge in [-0.2, -0.15) is 0 Å². The number of aromatic hydroxyl groups is 1. The molecule has 0 saturated heterocycles. The van der Waals surface area contributed by atoms with Crippen molar-refractivity contribution in [2.75, 3.05) is 0 Å². The number of phenolic OH excluding ortho intramolecular Hbond substituents is 1. The predicted molar refractivity (Wildman–Crippen MR) is 78.5 cm³/mol. The van der Waals surface area contributed by atoms with Gasteiger partial charge in [-0.25, -0.2) is 0 Å². The lowest BCUT2D eigenvalue weighted by atomic mass is 9.94. The lowest BCUT2D eigenvalue weighted by molar-refractivity contribution is 0.477. The van der Waals surface area contributed by atoms with Crippen molar-refractivity contribution < 1.29 is 5.11 Å². The predicted octanol–water partition coefficient (Wildman–Crippen LogP) is 3.10. The molecule has 4 heteroatoms. The van der Waals surface area contributed by atoms with Gasteiger partial charge in [-0.05, 0) is 36.4 Å². The van der Waals surface area contributed by atoms with Crippen LogP contribution in [0, 0.1) is 0 Å². The summed E-state index contributed by atoms with van der Waals surface area (Å²) in [5.74, 6) is 0.181. The summed E-state index contributed by atoms with van der Waals surface area (Å²) in [5, 5.41) is 11.0. The van der Waals surface area contributed by atoms with Crippen molar-refractivity contribution >= 4 is 40.1 Å². The Kier molecular flexibility index (Phi) is 2.67. The van der Waals surface area contributed by atoms with Crippen molar-refractivity contribution in [1.29, 1.82) is 0 Å². The number of aromatic nitrogens is 1. The number of aromatic amines is 1. The van der Waals surface area contributed by atoms with E-state index in [1.807, 2.05) is 30.3 Å². The molecule has 3 aromatic rings. The molecule has 2 aromatic carbocycles. The van der Waals surface area contributed by atoms with Crippen LogP contribution in [-0.2, 0) is 0 Å². The van der Waals surface area contributed by atoms with Gasteiger partial charge in [-0.15, -0.1) is 0 Å². The van der Waals surface area contributed by atoms with Crippen molar-refractivity contribution in [2.45, 2.75) is 0 Å². The van der Waals surface area contributed by atoms with Gasteiger partial charge in [0.15, 0.2) is 0 Å². The molecule has 2 nitrogen and oxygen atoms in total. The molecule has 0 spiro atoms. The third-order valence-corrected chi connectivity index (χ3v) is 3.39. The second kappa shape index (κ2) is 4.21. The van der Waals surface area contributed by atoms with E-state index in [1.54, 1.807) is 12.1 Å². The van der Waals surface area contributed by atoms with Crippen molar-refractivity contribution in [3.05, 3.63) is 46.9 Å². The fourth-order valence-corrected chi connectivity index (χ4v) is 2.40. The van der Waals surface area contributed by atoms with Crippen molar-refractivity contribution in [1.82, 2.24) is 4.98 Å². The Morgan fingerprint density at radius 2 is 1.89 bits per heavy atom. The van der Waals surface area contributed by atoms with Gasteiger partial charge in [0.25, 0.3) is 0 Å². The molecule has 18 heavy (non-hydrogen) atoms. The molecule has 86 valence electrons. The first-order valence-electron chi connectivity index (χ1n) is 5.50. The number of benzene rings is 2. The fourth-order valence-electron chi connectivity index (χ4n) is 2.03. The Bertz CT molecular complexity index is 736. The molecule has 0 aliphatic rings. The summed E-state index contributed by atoms with van der Waals surface area (Å²) in [7, 11) is 5.62. The van der Waals surface area contributed by atoms with Crippen LogP contribution in [-0.4, -0.2) is 17.9 Å².